The highest BCUT2D eigenvalue weighted by atomic mass is 35.5. The quantitative estimate of drug-likeness (QED) is 0.757. The molecule has 0 heterocycles. The molecule has 0 atom stereocenters. The fourth-order valence-corrected chi connectivity index (χ4v) is 1.97. The van der Waals surface area contributed by atoms with Crippen LogP contribution in [0, 0.1) is 0 Å². The number of carbonyl (C=O) groups excluding carboxylic acids is 1. The average Bonchev–Trinajstić information content (AvgIpc) is 2.47. The Balaban J connectivity index is 2.02. The molecule has 0 aliphatic carbocycles. The molecule has 0 spiro atoms. The van der Waals surface area contributed by atoms with Crippen molar-refractivity contribution < 1.29 is 9.90 Å². The van der Waals surface area contributed by atoms with E-state index in [2.05, 4.69) is 5.32 Å². The molecule has 2 aromatic carbocycles. The maximum atomic E-state index is 12.0. The van der Waals surface area contributed by atoms with Crippen LogP contribution in [0.1, 0.15) is 21.5 Å². The molecule has 0 unspecified atom stereocenters. The van der Waals surface area contributed by atoms with Crippen LogP contribution in [0.15, 0.2) is 42.5 Å². The number of aliphatic hydroxyl groups excluding tert-OH is 1. The predicted molar refractivity (Wildman–Crippen MR) is 79.4 cm³/mol. The van der Waals surface area contributed by atoms with Crippen LogP contribution in [0.25, 0.3) is 0 Å². The third-order valence-electron chi connectivity index (χ3n) is 2.89. The monoisotopic (exact) mass is 290 g/mol. The number of rotatable bonds is 4. The molecule has 0 saturated carbocycles. The van der Waals surface area contributed by atoms with Gasteiger partial charge in [-0.3, -0.25) is 4.79 Å². The molecule has 104 valence electrons. The first kappa shape index (κ1) is 14.4. The van der Waals surface area contributed by atoms with Gasteiger partial charge in [-0.25, -0.2) is 0 Å². The number of hydrogen-bond donors (Lipinski definition) is 3. The molecule has 1 amide bonds. The Morgan fingerprint density at radius 2 is 1.95 bits per heavy atom. The molecule has 0 radical (unpaired) electrons. The first-order chi connectivity index (χ1) is 9.60. The SMILES string of the molecule is Nc1ccc(C(=O)NCc2cccc(CO)c2)cc1Cl. The third kappa shape index (κ3) is 3.50. The Morgan fingerprint density at radius 1 is 1.20 bits per heavy atom. The molecular weight excluding hydrogens is 276 g/mol. The Labute approximate surface area is 122 Å². The van der Waals surface area contributed by atoms with Crippen molar-refractivity contribution in [2.45, 2.75) is 13.2 Å². The number of benzene rings is 2. The van der Waals surface area contributed by atoms with Crippen molar-refractivity contribution in [1.29, 1.82) is 0 Å². The minimum atomic E-state index is -0.221. The molecule has 20 heavy (non-hydrogen) atoms. The number of hydrogen-bond acceptors (Lipinski definition) is 3. The van der Waals surface area contributed by atoms with Crippen molar-refractivity contribution in [2.75, 3.05) is 5.73 Å². The lowest BCUT2D eigenvalue weighted by atomic mass is 10.1. The number of anilines is 1. The van der Waals surface area contributed by atoms with E-state index in [1.807, 2.05) is 24.3 Å². The van der Waals surface area contributed by atoms with Gasteiger partial charge in [0.2, 0.25) is 0 Å². The summed E-state index contributed by atoms with van der Waals surface area (Å²) in [6, 6.07) is 12.2. The summed E-state index contributed by atoms with van der Waals surface area (Å²) in [6.07, 6.45) is 0. The number of nitrogen functional groups attached to an aromatic ring is 1. The lowest BCUT2D eigenvalue weighted by Gasteiger charge is -2.07. The van der Waals surface area contributed by atoms with Crippen molar-refractivity contribution in [1.82, 2.24) is 5.32 Å². The highest BCUT2D eigenvalue weighted by molar-refractivity contribution is 6.33. The van der Waals surface area contributed by atoms with Crippen molar-refractivity contribution in [3.8, 4) is 0 Å². The first-order valence-electron chi connectivity index (χ1n) is 6.12. The third-order valence-corrected chi connectivity index (χ3v) is 3.22. The van der Waals surface area contributed by atoms with Gasteiger partial charge < -0.3 is 16.2 Å². The Morgan fingerprint density at radius 3 is 2.65 bits per heavy atom. The van der Waals surface area contributed by atoms with Crippen LogP contribution in [0.2, 0.25) is 5.02 Å². The fourth-order valence-electron chi connectivity index (χ4n) is 1.79. The normalized spacial score (nSPS) is 10.3. The van der Waals surface area contributed by atoms with E-state index in [4.69, 9.17) is 22.4 Å². The Bertz CT molecular complexity index is 629. The molecule has 0 fully saturated rings. The van der Waals surface area contributed by atoms with Gasteiger partial charge >= 0.3 is 0 Å². The fraction of sp³-hybridized carbons (Fsp3) is 0.133. The van der Waals surface area contributed by atoms with E-state index in [-0.39, 0.29) is 12.5 Å². The second kappa shape index (κ2) is 6.41. The van der Waals surface area contributed by atoms with E-state index >= 15 is 0 Å². The maximum absolute atomic E-state index is 12.0. The molecule has 0 bridgehead atoms. The van der Waals surface area contributed by atoms with Gasteiger partial charge in [-0.05, 0) is 29.3 Å². The van der Waals surface area contributed by atoms with Gasteiger partial charge in [0.05, 0.1) is 17.3 Å². The molecule has 4 N–H and O–H groups in total. The van der Waals surface area contributed by atoms with Gasteiger partial charge in [-0.2, -0.15) is 0 Å². The highest BCUT2D eigenvalue weighted by Crippen LogP contribution is 2.19. The number of aliphatic hydroxyl groups is 1. The lowest BCUT2D eigenvalue weighted by molar-refractivity contribution is 0.0951. The zero-order chi connectivity index (χ0) is 14.5. The topological polar surface area (TPSA) is 75.4 Å². The number of halogens is 1. The summed E-state index contributed by atoms with van der Waals surface area (Å²) in [5.74, 6) is -0.221. The highest BCUT2D eigenvalue weighted by Gasteiger charge is 2.07. The van der Waals surface area contributed by atoms with E-state index < -0.39 is 0 Å². The number of nitrogens with two attached hydrogens (primary N) is 1. The van der Waals surface area contributed by atoms with Crippen LogP contribution < -0.4 is 11.1 Å². The number of amides is 1. The molecule has 4 nitrogen and oxygen atoms in total. The van der Waals surface area contributed by atoms with Gasteiger partial charge in [0, 0.05) is 12.1 Å². The molecule has 2 aromatic rings. The molecule has 0 aliphatic heterocycles. The van der Waals surface area contributed by atoms with Gasteiger partial charge in [-0.1, -0.05) is 35.9 Å². The van der Waals surface area contributed by atoms with Crippen molar-refractivity contribution in [3.63, 3.8) is 0 Å². The molecule has 5 heteroatoms. The van der Waals surface area contributed by atoms with Gasteiger partial charge in [0.15, 0.2) is 0 Å². The van der Waals surface area contributed by atoms with Crippen LogP contribution in [0.4, 0.5) is 5.69 Å². The summed E-state index contributed by atoms with van der Waals surface area (Å²) in [5.41, 5.74) is 8.24. The molecule has 0 saturated heterocycles. The molecule has 0 aromatic heterocycles. The summed E-state index contributed by atoms with van der Waals surface area (Å²) in [4.78, 5) is 12.0. The smallest absolute Gasteiger partial charge is 0.251 e. The summed E-state index contributed by atoms with van der Waals surface area (Å²) in [5, 5.41) is 12.2. The summed E-state index contributed by atoms with van der Waals surface area (Å²) in [6.45, 7) is 0.365. The molecule has 2 rings (SSSR count). The number of carbonyl (C=O) groups is 1. The standard InChI is InChI=1S/C15H15ClN2O2/c16-13-7-12(4-5-14(13)17)15(20)18-8-10-2-1-3-11(6-10)9-19/h1-7,19H,8-9,17H2,(H,18,20). The number of nitrogens with one attached hydrogen (secondary N) is 1. The zero-order valence-electron chi connectivity index (χ0n) is 10.8. The summed E-state index contributed by atoms with van der Waals surface area (Å²) >= 11 is 5.88. The largest absolute Gasteiger partial charge is 0.398 e. The van der Waals surface area contributed by atoms with Crippen molar-refractivity contribution >= 4 is 23.2 Å². The van der Waals surface area contributed by atoms with Crippen molar-refractivity contribution in [3.05, 3.63) is 64.2 Å². The van der Waals surface area contributed by atoms with Crippen LogP contribution in [0.3, 0.4) is 0 Å². The van der Waals surface area contributed by atoms with Crippen molar-refractivity contribution in [2.24, 2.45) is 0 Å². The van der Waals surface area contributed by atoms with E-state index in [1.54, 1.807) is 12.1 Å². The molecule has 0 aliphatic rings. The average molecular weight is 291 g/mol. The summed E-state index contributed by atoms with van der Waals surface area (Å²) < 4.78 is 0. The van der Waals surface area contributed by atoms with Crippen LogP contribution in [-0.2, 0) is 13.2 Å². The Kier molecular flexibility index (Phi) is 4.61. The van der Waals surface area contributed by atoms with E-state index in [9.17, 15) is 4.79 Å². The van der Waals surface area contributed by atoms with Crippen LogP contribution in [-0.4, -0.2) is 11.0 Å². The van der Waals surface area contributed by atoms with Gasteiger partial charge in [0.25, 0.3) is 5.91 Å². The van der Waals surface area contributed by atoms with Crippen LogP contribution in [0.5, 0.6) is 0 Å². The van der Waals surface area contributed by atoms with E-state index in [1.165, 1.54) is 6.07 Å². The predicted octanol–water partition coefficient (Wildman–Crippen LogP) is 2.34. The Hall–Kier alpha value is -2.04. The second-order valence-electron chi connectivity index (χ2n) is 4.40. The second-order valence-corrected chi connectivity index (χ2v) is 4.80. The van der Waals surface area contributed by atoms with Gasteiger partial charge in [-0.15, -0.1) is 0 Å². The zero-order valence-corrected chi connectivity index (χ0v) is 11.5. The maximum Gasteiger partial charge on any atom is 0.251 e. The molecular formula is C15H15ClN2O2. The lowest BCUT2D eigenvalue weighted by Crippen LogP contribution is -2.22. The summed E-state index contributed by atoms with van der Waals surface area (Å²) in [7, 11) is 0. The minimum Gasteiger partial charge on any atom is -0.398 e. The van der Waals surface area contributed by atoms with Gasteiger partial charge in [0.1, 0.15) is 0 Å². The van der Waals surface area contributed by atoms with E-state index in [0.29, 0.717) is 22.8 Å². The minimum absolute atomic E-state index is 0.0185. The van der Waals surface area contributed by atoms with Crippen LogP contribution >= 0.6 is 11.6 Å². The van der Waals surface area contributed by atoms with E-state index in [0.717, 1.165) is 11.1 Å². The first-order valence-corrected chi connectivity index (χ1v) is 6.50.